The predicted molar refractivity (Wildman–Crippen MR) is 129 cm³/mol. The number of aromatic nitrogens is 3. The van der Waals surface area contributed by atoms with Gasteiger partial charge in [0.15, 0.2) is 5.65 Å². The second kappa shape index (κ2) is 8.49. The van der Waals surface area contributed by atoms with E-state index in [1.165, 1.54) is 0 Å². The van der Waals surface area contributed by atoms with Crippen molar-refractivity contribution < 1.29 is 9.84 Å². The lowest BCUT2D eigenvalue weighted by Gasteiger charge is -2.28. The van der Waals surface area contributed by atoms with Crippen LogP contribution >= 0.6 is 0 Å². The quantitative estimate of drug-likeness (QED) is 0.641. The maximum Gasteiger partial charge on any atom is 0.158 e. The summed E-state index contributed by atoms with van der Waals surface area (Å²) in [4.78, 5) is 7.07. The molecule has 2 aromatic heterocycles. The average Bonchev–Trinajstić information content (AvgIpc) is 3.10. The minimum absolute atomic E-state index is 0.187. The number of hydrogen-bond donors (Lipinski definition) is 1. The first kappa shape index (κ1) is 22.7. The Balaban J connectivity index is 1.81. The standard InChI is InChI=1S/C26H36N4O2/c1-25(2,3)20-16-18(17-21(23(20)31)26(4,5)6)22-19-8-7-9-27-24(19)30(28-22)11-10-29-12-14-32-15-13-29/h7-9,16-17,31H,10-15H2,1-6H3. The van der Waals surface area contributed by atoms with Crippen molar-refractivity contribution in [3.05, 3.63) is 41.6 Å². The van der Waals surface area contributed by atoms with E-state index in [0.717, 1.165) is 72.8 Å². The van der Waals surface area contributed by atoms with Gasteiger partial charge in [0, 0.05) is 47.9 Å². The first-order chi connectivity index (χ1) is 15.1. The molecule has 172 valence electrons. The number of rotatable bonds is 4. The van der Waals surface area contributed by atoms with Crippen LogP contribution in [0, 0.1) is 0 Å². The summed E-state index contributed by atoms with van der Waals surface area (Å²) in [5.41, 5.74) is 4.37. The third-order valence-electron chi connectivity index (χ3n) is 6.24. The molecule has 0 amide bonds. The fraction of sp³-hybridized carbons (Fsp3) is 0.538. The Hall–Kier alpha value is -2.44. The van der Waals surface area contributed by atoms with E-state index in [-0.39, 0.29) is 10.8 Å². The van der Waals surface area contributed by atoms with Crippen molar-refractivity contribution in [2.45, 2.75) is 58.9 Å². The van der Waals surface area contributed by atoms with Gasteiger partial charge in [0.1, 0.15) is 11.4 Å². The van der Waals surface area contributed by atoms with Crippen LogP contribution in [-0.2, 0) is 22.1 Å². The summed E-state index contributed by atoms with van der Waals surface area (Å²) in [5, 5.41) is 17.2. The van der Waals surface area contributed by atoms with Crippen LogP contribution < -0.4 is 0 Å². The molecule has 0 saturated carbocycles. The lowest BCUT2D eigenvalue weighted by molar-refractivity contribution is 0.0361. The molecule has 0 radical (unpaired) electrons. The number of morpholine rings is 1. The van der Waals surface area contributed by atoms with E-state index in [9.17, 15) is 5.11 Å². The minimum atomic E-state index is -0.187. The topological polar surface area (TPSA) is 63.4 Å². The Labute approximate surface area is 191 Å². The van der Waals surface area contributed by atoms with E-state index in [4.69, 9.17) is 9.84 Å². The third-order valence-corrected chi connectivity index (χ3v) is 6.24. The Morgan fingerprint density at radius 1 is 0.969 bits per heavy atom. The number of nitrogens with zero attached hydrogens (tertiary/aromatic N) is 4. The predicted octanol–water partition coefficient (Wildman–Crippen LogP) is 4.73. The molecule has 1 aliphatic rings. The van der Waals surface area contributed by atoms with Gasteiger partial charge in [-0.3, -0.25) is 4.90 Å². The molecule has 3 aromatic rings. The van der Waals surface area contributed by atoms with Gasteiger partial charge in [-0.05, 0) is 35.1 Å². The van der Waals surface area contributed by atoms with Gasteiger partial charge < -0.3 is 9.84 Å². The minimum Gasteiger partial charge on any atom is -0.507 e. The van der Waals surface area contributed by atoms with Gasteiger partial charge in [0.05, 0.1) is 19.8 Å². The highest BCUT2D eigenvalue weighted by molar-refractivity contribution is 5.91. The third kappa shape index (κ3) is 4.52. The molecule has 0 unspecified atom stereocenters. The molecule has 0 bridgehead atoms. The highest BCUT2D eigenvalue weighted by Crippen LogP contribution is 2.42. The number of phenolic OH excluding ortho intramolecular Hbond substituents is 1. The van der Waals surface area contributed by atoms with E-state index in [2.05, 4.69) is 69.6 Å². The molecule has 0 atom stereocenters. The Kier molecular flexibility index (Phi) is 6.03. The Morgan fingerprint density at radius 3 is 2.19 bits per heavy atom. The molecular formula is C26H36N4O2. The molecule has 1 aromatic carbocycles. The number of phenols is 1. The number of aromatic hydroxyl groups is 1. The molecule has 0 aliphatic carbocycles. The molecule has 3 heterocycles. The summed E-state index contributed by atoms with van der Waals surface area (Å²) < 4.78 is 7.50. The van der Waals surface area contributed by atoms with Gasteiger partial charge in [-0.25, -0.2) is 9.67 Å². The van der Waals surface area contributed by atoms with Gasteiger partial charge in [-0.2, -0.15) is 5.10 Å². The number of hydrogen-bond acceptors (Lipinski definition) is 5. The smallest absolute Gasteiger partial charge is 0.158 e. The number of benzene rings is 1. The molecule has 1 fully saturated rings. The Bertz CT molecular complexity index is 1060. The monoisotopic (exact) mass is 436 g/mol. The van der Waals surface area contributed by atoms with Gasteiger partial charge in [0.2, 0.25) is 0 Å². The maximum absolute atomic E-state index is 11.1. The van der Waals surface area contributed by atoms with E-state index >= 15 is 0 Å². The SMILES string of the molecule is CC(C)(C)c1cc(-c2nn(CCN3CCOCC3)c3ncccc23)cc(C(C)(C)C)c1O. The lowest BCUT2D eigenvalue weighted by Crippen LogP contribution is -2.38. The second-order valence-electron chi connectivity index (χ2n) is 10.8. The number of fused-ring (bicyclic) bond motifs is 1. The molecule has 0 spiro atoms. The molecule has 1 aliphatic heterocycles. The lowest BCUT2D eigenvalue weighted by atomic mass is 9.78. The molecule has 4 rings (SSSR count). The summed E-state index contributed by atoms with van der Waals surface area (Å²) in [5.74, 6) is 0.392. The second-order valence-corrected chi connectivity index (χ2v) is 10.8. The fourth-order valence-corrected chi connectivity index (χ4v) is 4.35. The van der Waals surface area contributed by atoms with E-state index < -0.39 is 0 Å². The number of pyridine rings is 1. The fourth-order valence-electron chi connectivity index (χ4n) is 4.35. The van der Waals surface area contributed by atoms with Crippen molar-refractivity contribution in [3.8, 4) is 17.0 Å². The van der Waals surface area contributed by atoms with Crippen molar-refractivity contribution >= 4 is 11.0 Å². The summed E-state index contributed by atoms with van der Waals surface area (Å²) >= 11 is 0. The van der Waals surface area contributed by atoms with E-state index in [1.807, 2.05) is 16.9 Å². The molecule has 6 nitrogen and oxygen atoms in total. The zero-order valence-corrected chi connectivity index (χ0v) is 20.3. The Morgan fingerprint density at radius 2 is 1.59 bits per heavy atom. The van der Waals surface area contributed by atoms with Crippen molar-refractivity contribution in [1.82, 2.24) is 19.7 Å². The number of ether oxygens (including phenoxy) is 1. The molecule has 6 heteroatoms. The van der Waals surface area contributed by atoms with Crippen LogP contribution in [0.25, 0.3) is 22.3 Å². The van der Waals surface area contributed by atoms with Crippen LogP contribution in [0.15, 0.2) is 30.5 Å². The van der Waals surface area contributed by atoms with Gasteiger partial charge in [-0.1, -0.05) is 41.5 Å². The zero-order valence-electron chi connectivity index (χ0n) is 20.3. The molecular weight excluding hydrogens is 400 g/mol. The molecule has 1 N–H and O–H groups in total. The first-order valence-corrected chi connectivity index (χ1v) is 11.6. The maximum atomic E-state index is 11.1. The van der Waals surface area contributed by atoms with Gasteiger partial charge in [0.25, 0.3) is 0 Å². The van der Waals surface area contributed by atoms with Crippen molar-refractivity contribution in [3.63, 3.8) is 0 Å². The zero-order chi connectivity index (χ0) is 23.1. The summed E-state index contributed by atoms with van der Waals surface area (Å²) in [6.07, 6.45) is 1.83. The largest absolute Gasteiger partial charge is 0.507 e. The summed E-state index contributed by atoms with van der Waals surface area (Å²) in [6.45, 7) is 18.0. The molecule has 32 heavy (non-hydrogen) atoms. The van der Waals surface area contributed by atoms with Gasteiger partial charge >= 0.3 is 0 Å². The average molecular weight is 437 g/mol. The highest BCUT2D eigenvalue weighted by atomic mass is 16.5. The van der Waals surface area contributed by atoms with Crippen LogP contribution in [0.5, 0.6) is 5.75 Å². The van der Waals surface area contributed by atoms with Crippen LogP contribution in [0.1, 0.15) is 52.7 Å². The van der Waals surface area contributed by atoms with Crippen LogP contribution in [-0.4, -0.2) is 57.6 Å². The van der Waals surface area contributed by atoms with Crippen molar-refractivity contribution in [1.29, 1.82) is 0 Å². The van der Waals surface area contributed by atoms with Crippen molar-refractivity contribution in [2.75, 3.05) is 32.8 Å². The first-order valence-electron chi connectivity index (χ1n) is 11.6. The van der Waals surface area contributed by atoms with Crippen LogP contribution in [0.4, 0.5) is 0 Å². The normalized spacial score (nSPS) is 16.1. The van der Waals surface area contributed by atoms with E-state index in [1.54, 1.807) is 0 Å². The van der Waals surface area contributed by atoms with Gasteiger partial charge in [-0.15, -0.1) is 0 Å². The van der Waals surface area contributed by atoms with Crippen LogP contribution in [0.3, 0.4) is 0 Å². The highest BCUT2D eigenvalue weighted by Gasteiger charge is 2.28. The van der Waals surface area contributed by atoms with E-state index in [0.29, 0.717) is 5.75 Å². The summed E-state index contributed by atoms with van der Waals surface area (Å²) in [7, 11) is 0. The van der Waals surface area contributed by atoms with Crippen molar-refractivity contribution in [2.24, 2.45) is 0 Å². The summed E-state index contributed by atoms with van der Waals surface area (Å²) in [6, 6.07) is 8.27. The molecule has 1 saturated heterocycles. The van der Waals surface area contributed by atoms with Crippen LogP contribution in [0.2, 0.25) is 0 Å².